The summed E-state index contributed by atoms with van der Waals surface area (Å²) >= 11 is 0. The lowest BCUT2D eigenvalue weighted by Crippen LogP contribution is -2.15. The topological polar surface area (TPSA) is 52.0 Å². The van der Waals surface area contributed by atoms with Gasteiger partial charge in [-0.15, -0.1) is 0 Å². The molecule has 0 saturated carbocycles. The Morgan fingerprint density at radius 1 is 0.667 bits per heavy atom. The van der Waals surface area contributed by atoms with Gasteiger partial charge in [0.25, 0.3) is 0 Å². The molecule has 5 heteroatoms. The van der Waals surface area contributed by atoms with Crippen molar-refractivity contribution in [2.24, 2.45) is 0 Å². The lowest BCUT2D eigenvalue weighted by Gasteiger charge is -2.21. The van der Waals surface area contributed by atoms with Crippen LogP contribution in [0.25, 0.3) is 49.7 Å². The van der Waals surface area contributed by atoms with Gasteiger partial charge >= 0.3 is 0 Å². The maximum atomic E-state index is 13.5. The molecule has 2 heterocycles. The highest BCUT2D eigenvalue weighted by atomic mass is 32.2. The summed E-state index contributed by atoms with van der Waals surface area (Å²) in [4.78, 5) is 5.39. The summed E-state index contributed by atoms with van der Waals surface area (Å²) in [5.74, 6) is 0.859. The number of hydrogen-bond donors (Lipinski definition) is 0. The Kier molecular flexibility index (Phi) is 4.48. The molecular weight excluding hydrogens is 464 g/mol. The summed E-state index contributed by atoms with van der Waals surface area (Å²) in [6.07, 6.45) is 0.706. The zero-order valence-electron chi connectivity index (χ0n) is 19.6. The van der Waals surface area contributed by atoms with E-state index >= 15 is 0 Å². The summed E-state index contributed by atoms with van der Waals surface area (Å²) in [7, 11) is -3.63. The molecule has 0 aliphatic carbocycles. The molecule has 0 saturated heterocycles. The SMILES string of the molecule is CCc1nc2cccc3c2n1-c1cc(-c2ccc4cc(-c5ccccc5)ccc4c2)ccc1S3(=O)=O. The maximum Gasteiger partial charge on any atom is 0.210 e. The molecule has 1 aliphatic heterocycles. The lowest BCUT2D eigenvalue weighted by molar-refractivity contribution is 0.594. The highest BCUT2D eigenvalue weighted by Gasteiger charge is 2.33. The van der Waals surface area contributed by atoms with E-state index in [-0.39, 0.29) is 0 Å². The third kappa shape index (κ3) is 2.99. The molecule has 0 spiro atoms. The molecule has 0 bridgehead atoms. The van der Waals surface area contributed by atoms with Gasteiger partial charge in [0, 0.05) is 6.42 Å². The predicted molar refractivity (Wildman–Crippen MR) is 144 cm³/mol. The largest absolute Gasteiger partial charge is 0.294 e. The second kappa shape index (κ2) is 7.64. The molecule has 7 rings (SSSR count). The van der Waals surface area contributed by atoms with Crippen molar-refractivity contribution in [2.75, 3.05) is 0 Å². The molecular formula is C31H22N2O2S. The van der Waals surface area contributed by atoms with Gasteiger partial charge in [-0.05, 0) is 69.4 Å². The minimum Gasteiger partial charge on any atom is -0.294 e. The summed E-state index contributed by atoms with van der Waals surface area (Å²) in [6.45, 7) is 2.05. The van der Waals surface area contributed by atoms with E-state index in [1.165, 1.54) is 16.5 Å². The van der Waals surface area contributed by atoms with Crippen LogP contribution in [0.2, 0.25) is 0 Å². The van der Waals surface area contributed by atoms with Gasteiger partial charge in [-0.3, -0.25) is 4.57 Å². The quantitative estimate of drug-likeness (QED) is 0.265. The minimum absolute atomic E-state index is 0.326. The Morgan fingerprint density at radius 3 is 2.06 bits per heavy atom. The van der Waals surface area contributed by atoms with Crippen molar-refractivity contribution in [3.8, 4) is 27.9 Å². The van der Waals surface area contributed by atoms with Crippen molar-refractivity contribution in [3.05, 3.63) is 109 Å². The molecule has 0 radical (unpaired) electrons. The summed E-state index contributed by atoms with van der Waals surface area (Å²) in [5.41, 5.74) is 6.45. The fourth-order valence-electron chi connectivity index (χ4n) is 5.31. The van der Waals surface area contributed by atoms with E-state index in [4.69, 9.17) is 4.98 Å². The van der Waals surface area contributed by atoms with Crippen molar-refractivity contribution in [1.29, 1.82) is 0 Å². The van der Waals surface area contributed by atoms with Crippen molar-refractivity contribution in [3.63, 3.8) is 0 Å². The highest BCUT2D eigenvalue weighted by molar-refractivity contribution is 7.92. The van der Waals surface area contributed by atoms with E-state index in [2.05, 4.69) is 60.7 Å². The molecule has 0 N–H and O–H groups in total. The average molecular weight is 487 g/mol. The molecule has 0 atom stereocenters. The van der Waals surface area contributed by atoms with Gasteiger partial charge < -0.3 is 0 Å². The van der Waals surface area contributed by atoms with Crippen molar-refractivity contribution in [1.82, 2.24) is 9.55 Å². The number of nitrogens with zero attached hydrogens (tertiary/aromatic N) is 2. The fourth-order valence-corrected chi connectivity index (χ4v) is 6.93. The minimum atomic E-state index is -3.63. The predicted octanol–water partition coefficient (Wildman–Crippen LogP) is 7.22. The molecule has 0 fully saturated rings. The number of sulfone groups is 1. The Morgan fingerprint density at radius 2 is 1.33 bits per heavy atom. The number of hydrogen-bond acceptors (Lipinski definition) is 3. The van der Waals surface area contributed by atoms with E-state index in [9.17, 15) is 8.42 Å². The van der Waals surface area contributed by atoms with Crippen LogP contribution in [0.1, 0.15) is 12.7 Å². The van der Waals surface area contributed by atoms with Crippen LogP contribution in [-0.2, 0) is 16.3 Å². The highest BCUT2D eigenvalue weighted by Crippen LogP contribution is 2.41. The molecule has 36 heavy (non-hydrogen) atoms. The standard InChI is InChI=1S/C31H22N2O2S/c1-2-30-32-26-9-6-10-29-31(26)33(30)27-19-25(15-16-28(27)36(29,34)35)24-14-13-22-17-21(11-12-23(22)18-24)20-7-4-3-5-8-20/h3-19H,2H2,1H3. The van der Waals surface area contributed by atoms with Gasteiger partial charge in [0.15, 0.2) is 0 Å². The zero-order chi connectivity index (χ0) is 24.4. The van der Waals surface area contributed by atoms with E-state index in [0.717, 1.165) is 22.3 Å². The Balaban J connectivity index is 1.39. The first-order valence-electron chi connectivity index (χ1n) is 12.0. The van der Waals surface area contributed by atoms with Crippen LogP contribution in [-0.4, -0.2) is 18.0 Å². The van der Waals surface area contributed by atoms with Gasteiger partial charge in [0.05, 0.1) is 26.5 Å². The molecule has 0 amide bonds. The van der Waals surface area contributed by atoms with E-state index < -0.39 is 9.84 Å². The number of aromatic nitrogens is 2. The monoisotopic (exact) mass is 486 g/mol. The number of benzene rings is 5. The van der Waals surface area contributed by atoms with Crippen LogP contribution in [0.4, 0.5) is 0 Å². The molecule has 1 aromatic heterocycles. The van der Waals surface area contributed by atoms with Crippen LogP contribution in [0.3, 0.4) is 0 Å². The molecule has 1 aliphatic rings. The van der Waals surface area contributed by atoms with Crippen LogP contribution >= 0.6 is 0 Å². The zero-order valence-corrected chi connectivity index (χ0v) is 20.5. The van der Waals surface area contributed by atoms with E-state index in [1.54, 1.807) is 18.2 Å². The van der Waals surface area contributed by atoms with Gasteiger partial charge in [-0.2, -0.15) is 0 Å². The Bertz CT molecular complexity index is 1940. The number of aryl methyl sites for hydroxylation is 1. The average Bonchev–Trinajstić information content (AvgIpc) is 3.31. The summed E-state index contributed by atoms with van der Waals surface area (Å²) in [5, 5.41) is 2.31. The number of imidazole rings is 1. The lowest BCUT2D eigenvalue weighted by atomic mass is 9.97. The first kappa shape index (κ1) is 21.1. The second-order valence-electron chi connectivity index (χ2n) is 9.17. The third-order valence-electron chi connectivity index (χ3n) is 7.08. The molecule has 6 aromatic rings. The third-order valence-corrected chi connectivity index (χ3v) is 8.92. The molecule has 5 aromatic carbocycles. The summed E-state index contributed by atoms with van der Waals surface area (Å²) < 4.78 is 29.0. The van der Waals surface area contributed by atoms with Crippen molar-refractivity contribution < 1.29 is 8.42 Å². The number of fused-ring (bicyclic) bond motifs is 3. The smallest absolute Gasteiger partial charge is 0.210 e. The fraction of sp³-hybridized carbons (Fsp3) is 0.0645. The van der Waals surface area contributed by atoms with Crippen molar-refractivity contribution >= 4 is 31.6 Å². The van der Waals surface area contributed by atoms with Crippen LogP contribution in [0.15, 0.2) is 113 Å². The molecule has 4 nitrogen and oxygen atoms in total. The maximum absolute atomic E-state index is 13.5. The van der Waals surface area contributed by atoms with Crippen LogP contribution in [0, 0.1) is 0 Å². The normalized spacial score (nSPS) is 13.7. The first-order chi connectivity index (χ1) is 17.5. The number of para-hydroxylation sites is 1. The Labute approximate surface area is 209 Å². The second-order valence-corrected chi connectivity index (χ2v) is 11.1. The van der Waals surface area contributed by atoms with Gasteiger partial charge in [-0.25, -0.2) is 13.4 Å². The van der Waals surface area contributed by atoms with Crippen LogP contribution < -0.4 is 0 Å². The first-order valence-corrected chi connectivity index (χ1v) is 13.5. The van der Waals surface area contributed by atoms with Gasteiger partial charge in [-0.1, -0.05) is 73.7 Å². The number of rotatable bonds is 3. The van der Waals surface area contributed by atoms with Gasteiger partial charge in [0.2, 0.25) is 9.84 Å². The Hall–Kier alpha value is -4.22. The van der Waals surface area contributed by atoms with Gasteiger partial charge in [0.1, 0.15) is 5.82 Å². The van der Waals surface area contributed by atoms with Crippen molar-refractivity contribution in [2.45, 2.75) is 23.1 Å². The van der Waals surface area contributed by atoms with E-state index in [1.807, 2.05) is 35.8 Å². The molecule has 0 unspecified atom stereocenters. The summed E-state index contributed by atoms with van der Waals surface area (Å²) in [6, 6.07) is 34.2. The van der Waals surface area contributed by atoms with Crippen LogP contribution in [0.5, 0.6) is 0 Å². The molecule has 174 valence electrons. The van der Waals surface area contributed by atoms with E-state index in [0.29, 0.717) is 32.9 Å².